The molecule has 0 radical (unpaired) electrons. The van der Waals surface area contributed by atoms with Crippen molar-refractivity contribution in [2.45, 2.75) is 0 Å². The summed E-state index contributed by atoms with van der Waals surface area (Å²) in [5.74, 6) is 6.10. The first-order valence-corrected chi connectivity index (χ1v) is 7.18. The molecule has 0 aliphatic rings. The van der Waals surface area contributed by atoms with E-state index in [9.17, 15) is 0 Å². The van der Waals surface area contributed by atoms with Gasteiger partial charge >= 0.3 is 77.6 Å². The molecular weight excluding hydrogens is 254 g/mol. The van der Waals surface area contributed by atoms with Gasteiger partial charge in [0.15, 0.2) is 0 Å². The molecule has 0 bridgehead atoms. The molecule has 0 rings (SSSR count). The van der Waals surface area contributed by atoms with Crippen LogP contribution < -0.4 is 0 Å². The Morgan fingerprint density at radius 3 is 1.60 bits per heavy atom. The van der Waals surface area contributed by atoms with E-state index in [2.05, 4.69) is 42.3 Å². The van der Waals surface area contributed by atoms with Gasteiger partial charge in [0.25, 0.3) is 0 Å². The Kier molecular flexibility index (Phi) is 5.28. The predicted molar refractivity (Wildman–Crippen MR) is 62.7 cm³/mol. The van der Waals surface area contributed by atoms with E-state index in [1.807, 2.05) is 17.5 Å². The van der Waals surface area contributed by atoms with Crippen molar-refractivity contribution in [2.75, 3.05) is 10.6 Å². The third kappa shape index (κ3) is 2.55. The molecule has 0 nitrogen and oxygen atoms in total. The minimum absolute atomic E-state index is 1.16. The quantitative estimate of drug-likeness (QED) is 0.406. The van der Waals surface area contributed by atoms with Gasteiger partial charge in [-0.05, 0) is 0 Å². The van der Waals surface area contributed by atoms with E-state index in [4.69, 9.17) is 0 Å². The summed E-state index contributed by atoms with van der Waals surface area (Å²) in [6.45, 7) is 11.4. The molecule has 0 aliphatic carbocycles. The molecule has 0 unspecified atom stereocenters. The van der Waals surface area contributed by atoms with E-state index in [1.54, 1.807) is 0 Å². The Morgan fingerprint density at radius 2 is 1.50 bits per heavy atom. The Bertz CT molecular complexity index is 118. The fourth-order valence-electron chi connectivity index (χ4n) is 0.720. The molecule has 10 heavy (non-hydrogen) atoms. The topological polar surface area (TPSA) is 0 Å². The Labute approximate surface area is 77.6 Å². The molecule has 0 aromatic heterocycles. The van der Waals surface area contributed by atoms with Crippen LogP contribution in [0.1, 0.15) is 0 Å². The maximum atomic E-state index is 3.81. The first-order valence-electron chi connectivity index (χ1n) is 3.21. The summed E-state index contributed by atoms with van der Waals surface area (Å²) in [4.78, 5) is 0. The number of hydrogen-bond donors (Lipinski definition) is 0. The molecule has 0 aromatic rings. The Morgan fingerprint density at radius 1 is 1.10 bits per heavy atom. The number of halogens is 1. The van der Waals surface area contributed by atoms with Gasteiger partial charge in [-0.2, -0.15) is 0 Å². The van der Waals surface area contributed by atoms with Crippen molar-refractivity contribution in [2.24, 2.45) is 0 Å². The van der Waals surface area contributed by atoms with Gasteiger partial charge in [0, 0.05) is 0 Å². The predicted octanol–water partition coefficient (Wildman–Crippen LogP) is 3.60. The molecule has 2 heteroatoms. The fourth-order valence-corrected chi connectivity index (χ4v) is 4.96. The Hall–Kier alpha value is 0.380. The van der Waals surface area contributed by atoms with Gasteiger partial charge < -0.3 is 0 Å². The van der Waals surface area contributed by atoms with Gasteiger partial charge in [-0.3, -0.25) is 0 Å². The van der Waals surface area contributed by atoms with Gasteiger partial charge in [0.05, 0.1) is 0 Å². The fraction of sp³-hybridized carbons (Fsp3) is 0.250. The van der Waals surface area contributed by atoms with Crippen molar-refractivity contribution in [1.82, 2.24) is 0 Å². The molecule has 0 N–H and O–H groups in total. The van der Waals surface area contributed by atoms with Crippen LogP contribution in [0.25, 0.3) is 0 Å². The molecule has 0 saturated heterocycles. The van der Waals surface area contributed by atoms with Crippen LogP contribution in [0.2, 0.25) is 0 Å². The van der Waals surface area contributed by atoms with Crippen molar-refractivity contribution in [3.05, 3.63) is 37.2 Å². The van der Waals surface area contributed by atoms with Crippen molar-refractivity contribution in [1.29, 1.82) is 0 Å². The van der Waals surface area contributed by atoms with Crippen LogP contribution in [0.5, 0.6) is 0 Å². The van der Waals surface area contributed by atoms with Crippen LogP contribution in [0.3, 0.4) is 0 Å². The average Bonchev–Trinajstić information content (AvgIpc) is 2.01. The van der Waals surface area contributed by atoms with Crippen LogP contribution in [0.15, 0.2) is 37.2 Å². The summed E-state index contributed by atoms with van der Waals surface area (Å²) in [6, 6.07) is 0. The molecular formula is C8H14IP. The molecule has 0 aromatic carbocycles. The first kappa shape index (κ1) is 10.4. The maximum absolute atomic E-state index is 3.81. The zero-order chi connectivity index (χ0) is 8.04. The van der Waals surface area contributed by atoms with Gasteiger partial charge in [-0.15, -0.1) is 0 Å². The summed E-state index contributed by atoms with van der Waals surface area (Å²) < 4.78 is 1.16. The van der Waals surface area contributed by atoms with Crippen molar-refractivity contribution in [3.8, 4) is 0 Å². The monoisotopic (exact) mass is 268 g/mol. The summed E-state index contributed by atoms with van der Waals surface area (Å²) in [5, 5.41) is 0. The molecule has 0 saturated carbocycles. The van der Waals surface area contributed by atoms with Crippen molar-refractivity contribution < 1.29 is 0 Å². The zero-order valence-electron chi connectivity index (χ0n) is 6.15. The second-order valence-corrected chi connectivity index (χ2v) is 7.19. The minimum atomic E-state index is -1.43. The van der Waals surface area contributed by atoms with E-state index in [0.29, 0.717) is 0 Å². The van der Waals surface area contributed by atoms with E-state index in [1.165, 1.54) is 6.16 Å². The second kappa shape index (κ2) is 5.09. The molecule has 58 valence electrons. The molecule has 0 heterocycles. The van der Waals surface area contributed by atoms with Crippen LogP contribution in [0, 0.1) is 0 Å². The summed E-state index contributed by atoms with van der Waals surface area (Å²) in [7, 11) is -1.43. The molecule has 0 aliphatic heterocycles. The van der Waals surface area contributed by atoms with Gasteiger partial charge in [-0.25, -0.2) is 0 Å². The van der Waals surface area contributed by atoms with Crippen LogP contribution in [-0.2, 0) is 0 Å². The Balaban J connectivity index is 4.29. The number of alkyl halides is 1. The van der Waals surface area contributed by atoms with Gasteiger partial charge in [0.2, 0.25) is 0 Å². The average molecular weight is 268 g/mol. The van der Waals surface area contributed by atoms with E-state index >= 15 is 0 Å². The first-order chi connectivity index (χ1) is 4.74. The summed E-state index contributed by atoms with van der Waals surface area (Å²) in [5.41, 5.74) is 0. The van der Waals surface area contributed by atoms with E-state index < -0.39 is 7.26 Å². The number of hydrogen-bond acceptors (Lipinski definition) is 0. The molecule has 0 fully saturated rings. The third-order valence-electron chi connectivity index (χ3n) is 1.67. The third-order valence-corrected chi connectivity index (χ3v) is 6.62. The van der Waals surface area contributed by atoms with E-state index in [-0.39, 0.29) is 0 Å². The van der Waals surface area contributed by atoms with Gasteiger partial charge in [-0.1, -0.05) is 0 Å². The van der Waals surface area contributed by atoms with Crippen LogP contribution >= 0.6 is 29.9 Å². The van der Waals surface area contributed by atoms with Gasteiger partial charge in [0.1, 0.15) is 0 Å². The second-order valence-electron chi connectivity index (χ2n) is 2.16. The van der Waals surface area contributed by atoms with Crippen molar-refractivity contribution >= 4 is 29.9 Å². The molecule has 0 amide bonds. The van der Waals surface area contributed by atoms with Crippen molar-refractivity contribution in [3.63, 3.8) is 0 Å². The molecule has 0 atom stereocenters. The zero-order valence-corrected chi connectivity index (χ0v) is 9.30. The van der Waals surface area contributed by atoms with E-state index in [0.717, 1.165) is 4.43 Å². The standard InChI is InChI=1S/C8H14IP/c1-4-10(5-2,6-3)8-7-9/h4-6,10H,1-3,7-8H2. The number of rotatable bonds is 5. The summed E-state index contributed by atoms with van der Waals surface area (Å²) >= 11 is 2.37. The molecule has 0 spiro atoms. The summed E-state index contributed by atoms with van der Waals surface area (Å²) in [6.07, 6.45) is 1.18. The van der Waals surface area contributed by atoms with Crippen LogP contribution in [-0.4, -0.2) is 10.6 Å². The normalized spacial score (nSPS) is 12.1. The SMILES string of the molecule is C=C[PH](C=C)(C=C)CCI. The van der Waals surface area contributed by atoms with Crippen LogP contribution in [0.4, 0.5) is 0 Å².